The maximum atomic E-state index is 12.2. The molecule has 0 unspecified atom stereocenters. The molecule has 1 fully saturated rings. The normalized spacial score (nSPS) is 20.5. The third-order valence-corrected chi connectivity index (χ3v) is 3.95. The smallest absolute Gasteiger partial charge is 0.247 e. The predicted molar refractivity (Wildman–Crippen MR) is 84.2 cm³/mol. The van der Waals surface area contributed by atoms with Gasteiger partial charge in [0.1, 0.15) is 17.5 Å². The number of amides is 1. The summed E-state index contributed by atoms with van der Waals surface area (Å²) in [5, 5.41) is 0. The Labute approximate surface area is 129 Å². The second kappa shape index (κ2) is 5.69. The van der Waals surface area contributed by atoms with E-state index in [9.17, 15) is 4.79 Å². The molecule has 1 aliphatic rings. The van der Waals surface area contributed by atoms with E-state index in [1.54, 1.807) is 19.1 Å². The summed E-state index contributed by atoms with van der Waals surface area (Å²) < 4.78 is 10.3. The fraction of sp³-hybridized carbons (Fsp3) is 0.235. The van der Waals surface area contributed by atoms with E-state index in [1.165, 1.54) is 0 Å². The van der Waals surface area contributed by atoms with Crippen molar-refractivity contribution in [2.24, 2.45) is 5.73 Å². The molecule has 1 aliphatic heterocycles. The number of benzene rings is 2. The van der Waals surface area contributed by atoms with Crippen LogP contribution in [0.2, 0.25) is 0 Å². The molecular weight excluding hydrogens is 280 g/mol. The number of ether oxygens (including phenoxy) is 2. The molecule has 0 aliphatic carbocycles. The monoisotopic (exact) mass is 298 g/mol. The van der Waals surface area contributed by atoms with Crippen LogP contribution in [-0.2, 0) is 4.79 Å². The van der Waals surface area contributed by atoms with Crippen LogP contribution in [0.25, 0.3) is 0 Å². The van der Waals surface area contributed by atoms with Crippen molar-refractivity contribution in [2.75, 3.05) is 19.1 Å². The van der Waals surface area contributed by atoms with Crippen molar-refractivity contribution in [3.05, 3.63) is 54.1 Å². The summed E-state index contributed by atoms with van der Waals surface area (Å²) in [6.07, 6.45) is 0. The molecule has 114 valence electrons. The lowest BCUT2D eigenvalue weighted by Gasteiger charge is -2.45. The quantitative estimate of drug-likeness (QED) is 0.878. The summed E-state index contributed by atoms with van der Waals surface area (Å²) in [6, 6.07) is 14.3. The van der Waals surface area contributed by atoms with Crippen LogP contribution in [0.3, 0.4) is 0 Å². The van der Waals surface area contributed by atoms with Crippen LogP contribution in [0, 0.1) is 0 Å². The van der Waals surface area contributed by atoms with Gasteiger partial charge in [0, 0.05) is 5.69 Å². The number of nitrogens with zero attached hydrogens (tertiary/aromatic N) is 1. The fourth-order valence-electron chi connectivity index (χ4n) is 2.70. The van der Waals surface area contributed by atoms with E-state index >= 15 is 0 Å². The first-order valence-electron chi connectivity index (χ1n) is 7.02. The molecule has 1 saturated heterocycles. The minimum atomic E-state index is -0.518. The largest absolute Gasteiger partial charge is 0.497 e. The van der Waals surface area contributed by atoms with Crippen molar-refractivity contribution >= 4 is 11.6 Å². The fourth-order valence-corrected chi connectivity index (χ4v) is 2.70. The summed E-state index contributed by atoms with van der Waals surface area (Å²) in [4.78, 5) is 13.9. The lowest BCUT2D eigenvalue weighted by molar-refractivity contribution is -0.126. The van der Waals surface area contributed by atoms with E-state index in [-0.39, 0.29) is 11.9 Å². The molecule has 22 heavy (non-hydrogen) atoms. The molecule has 5 nitrogen and oxygen atoms in total. The first kappa shape index (κ1) is 14.4. The van der Waals surface area contributed by atoms with Gasteiger partial charge in [0.25, 0.3) is 0 Å². The van der Waals surface area contributed by atoms with Crippen molar-refractivity contribution in [3.63, 3.8) is 0 Å². The minimum Gasteiger partial charge on any atom is -0.497 e. The van der Waals surface area contributed by atoms with Crippen LogP contribution >= 0.6 is 0 Å². The molecule has 5 heteroatoms. The minimum absolute atomic E-state index is 0.0778. The number of carbonyl (C=O) groups is 1. The van der Waals surface area contributed by atoms with Gasteiger partial charge in [-0.2, -0.15) is 0 Å². The molecule has 2 N–H and O–H groups in total. The van der Waals surface area contributed by atoms with Gasteiger partial charge in [0.15, 0.2) is 0 Å². The Balaban J connectivity index is 1.89. The number of β-lactam (4-membered cyclic amide) rings is 1. The van der Waals surface area contributed by atoms with Crippen LogP contribution in [0.4, 0.5) is 5.69 Å². The summed E-state index contributed by atoms with van der Waals surface area (Å²) in [7, 11) is 3.23. The zero-order chi connectivity index (χ0) is 15.7. The Kier molecular flexibility index (Phi) is 3.73. The van der Waals surface area contributed by atoms with Gasteiger partial charge in [-0.1, -0.05) is 12.1 Å². The van der Waals surface area contributed by atoms with Crippen molar-refractivity contribution in [2.45, 2.75) is 12.1 Å². The highest BCUT2D eigenvalue weighted by Gasteiger charge is 2.46. The van der Waals surface area contributed by atoms with Crippen molar-refractivity contribution in [3.8, 4) is 11.5 Å². The second-order valence-electron chi connectivity index (χ2n) is 5.15. The second-order valence-corrected chi connectivity index (χ2v) is 5.15. The van der Waals surface area contributed by atoms with E-state index in [0.29, 0.717) is 0 Å². The SMILES string of the molecule is COc1ccc([C@@H]2[C@@H](N)C(=O)N2c2ccc(OC)cc2)cc1. The molecular formula is C17H18N2O3. The molecule has 0 spiro atoms. The molecule has 1 heterocycles. The van der Waals surface area contributed by atoms with Crippen molar-refractivity contribution < 1.29 is 14.3 Å². The van der Waals surface area contributed by atoms with Gasteiger partial charge in [-0.3, -0.25) is 4.79 Å². The van der Waals surface area contributed by atoms with E-state index in [0.717, 1.165) is 22.7 Å². The van der Waals surface area contributed by atoms with Crippen LogP contribution in [-0.4, -0.2) is 26.2 Å². The first-order valence-corrected chi connectivity index (χ1v) is 7.02. The summed E-state index contributed by atoms with van der Waals surface area (Å²) in [6.45, 7) is 0. The van der Waals surface area contributed by atoms with Gasteiger partial charge in [-0.25, -0.2) is 0 Å². The maximum Gasteiger partial charge on any atom is 0.247 e. The van der Waals surface area contributed by atoms with Gasteiger partial charge in [0.2, 0.25) is 5.91 Å². The maximum absolute atomic E-state index is 12.2. The lowest BCUT2D eigenvalue weighted by atomic mass is 9.88. The topological polar surface area (TPSA) is 64.8 Å². The molecule has 0 bridgehead atoms. The summed E-state index contributed by atoms with van der Waals surface area (Å²) >= 11 is 0. The number of rotatable bonds is 4. The van der Waals surface area contributed by atoms with Crippen molar-refractivity contribution in [1.82, 2.24) is 0 Å². The van der Waals surface area contributed by atoms with Gasteiger partial charge in [-0.05, 0) is 42.0 Å². The Bertz CT molecular complexity index is 667. The molecule has 2 aromatic rings. The van der Waals surface area contributed by atoms with E-state index in [4.69, 9.17) is 15.2 Å². The van der Waals surface area contributed by atoms with E-state index in [1.807, 2.05) is 48.5 Å². The van der Waals surface area contributed by atoms with Gasteiger partial charge in [-0.15, -0.1) is 0 Å². The summed E-state index contributed by atoms with van der Waals surface area (Å²) in [5.41, 5.74) is 7.81. The van der Waals surface area contributed by atoms with Crippen LogP contribution in [0.1, 0.15) is 11.6 Å². The zero-order valence-electron chi connectivity index (χ0n) is 12.5. The number of hydrogen-bond donors (Lipinski definition) is 1. The van der Waals surface area contributed by atoms with Crippen LogP contribution < -0.4 is 20.1 Å². The number of anilines is 1. The molecule has 0 aromatic heterocycles. The van der Waals surface area contributed by atoms with Gasteiger partial charge >= 0.3 is 0 Å². The zero-order valence-corrected chi connectivity index (χ0v) is 12.5. The Morgan fingerprint density at radius 3 is 1.91 bits per heavy atom. The third kappa shape index (κ3) is 2.29. The summed E-state index contributed by atoms with van der Waals surface area (Å²) in [5.74, 6) is 1.45. The first-order chi connectivity index (χ1) is 10.7. The molecule has 3 rings (SSSR count). The van der Waals surface area contributed by atoms with Crippen LogP contribution in [0.5, 0.6) is 11.5 Å². The Morgan fingerprint density at radius 2 is 1.41 bits per heavy atom. The van der Waals surface area contributed by atoms with Crippen LogP contribution in [0.15, 0.2) is 48.5 Å². The molecule has 0 saturated carbocycles. The van der Waals surface area contributed by atoms with Gasteiger partial charge in [0.05, 0.1) is 20.3 Å². The number of methoxy groups -OCH3 is 2. The average molecular weight is 298 g/mol. The molecule has 1 amide bonds. The third-order valence-electron chi connectivity index (χ3n) is 3.95. The predicted octanol–water partition coefficient (Wildman–Crippen LogP) is 2.12. The molecule has 2 atom stereocenters. The highest BCUT2D eigenvalue weighted by atomic mass is 16.5. The molecule has 2 aromatic carbocycles. The van der Waals surface area contributed by atoms with E-state index < -0.39 is 6.04 Å². The lowest BCUT2D eigenvalue weighted by Crippen LogP contribution is -2.63. The standard InChI is InChI=1S/C17H18N2O3/c1-21-13-7-3-11(4-8-13)16-15(18)17(20)19(16)12-5-9-14(22-2)10-6-12/h3-10,15-16H,18H2,1-2H3/t15-,16-/m1/s1. The highest BCUT2D eigenvalue weighted by molar-refractivity contribution is 6.05. The Morgan fingerprint density at radius 1 is 0.909 bits per heavy atom. The Hall–Kier alpha value is -2.53. The number of nitrogens with two attached hydrogens (primary N) is 1. The highest BCUT2D eigenvalue weighted by Crippen LogP contribution is 2.39. The van der Waals surface area contributed by atoms with Gasteiger partial charge < -0.3 is 20.1 Å². The molecule has 0 radical (unpaired) electrons. The number of carbonyl (C=O) groups excluding carboxylic acids is 1. The number of hydrogen-bond acceptors (Lipinski definition) is 4. The van der Waals surface area contributed by atoms with Crippen molar-refractivity contribution in [1.29, 1.82) is 0 Å². The average Bonchev–Trinajstić information content (AvgIpc) is 2.59. The van der Waals surface area contributed by atoms with E-state index in [2.05, 4.69) is 0 Å².